The summed E-state index contributed by atoms with van der Waals surface area (Å²) in [6, 6.07) is -4.63. The summed E-state index contributed by atoms with van der Waals surface area (Å²) in [5, 5.41) is 55.8. The number of aliphatic carboxylic acids is 4. The van der Waals surface area contributed by atoms with Crippen molar-refractivity contribution in [2.24, 2.45) is 23.3 Å². The summed E-state index contributed by atoms with van der Waals surface area (Å²) in [7, 11) is 0. The van der Waals surface area contributed by atoms with E-state index >= 15 is 0 Å². The van der Waals surface area contributed by atoms with Gasteiger partial charge in [0.15, 0.2) is 0 Å². The molecule has 1 aromatic carbocycles. The summed E-state index contributed by atoms with van der Waals surface area (Å²) in [6.45, 7) is 6.82. The number of carbonyl (C=O) groups excluding carboxylic acids is 9. The SMILES string of the molecule is CC[C@H](C)[C@H](NC(=O)[C@H](CC(=O)O)NC(=O)[C@H](Cc1ccccc1)NC(=O)[C@H](C)NC(=O)[C@H](CC(=O)O)NC(=O)CNC(=O)[C@H](CC(C)C)NC(=O)[C@H](CCC(N)=O)NC(=O)[C@@H](N)CC(=O)O)C(=O)O. The number of hydrogen-bond acceptors (Lipinski definition) is 14. The summed E-state index contributed by atoms with van der Waals surface area (Å²) in [4.78, 5) is 164. The Labute approximate surface area is 401 Å². The smallest absolute Gasteiger partial charge is 0.326 e. The summed E-state index contributed by atoms with van der Waals surface area (Å²) in [6.07, 6.45) is -3.55. The molecule has 0 aromatic heterocycles. The number of carboxylic acid groups (broad SMARTS) is 4. The molecule has 9 atom stereocenters. The van der Waals surface area contributed by atoms with Crippen molar-refractivity contribution in [2.45, 2.75) is 134 Å². The molecule has 0 saturated carbocycles. The van der Waals surface area contributed by atoms with Gasteiger partial charge in [0.05, 0.1) is 31.8 Å². The van der Waals surface area contributed by atoms with Crippen LogP contribution in [-0.4, -0.2) is 152 Å². The molecule has 0 spiro atoms. The van der Waals surface area contributed by atoms with E-state index in [0.29, 0.717) is 12.0 Å². The van der Waals surface area contributed by atoms with Gasteiger partial charge in [-0.2, -0.15) is 0 Å². The lowest BCUT2D eigenvalue weighted by atomic mass is 9.98. The lowest BCUT2D eigenvalue weighted by Crippen LogP contribution is -2.59. The Kier molecular flexibility index (Phi) is 25.8. The molecular weight excluding hydrogens is 929 g/mol. The minimum absolute atomic E-state index is 0.0457. The van der Waals surface area contributed by atoms with Crippen LogP contribution in [-0.2, 0) is 68.7 Å². The van der Waals surface area contributed by atoms with Gasteiger partial charge in [-0.1, -0.05) is 64.4 Å². The maximum Gasteiger partial charge on any atom is 0.326 e. The first kappa shape index (κ1) is 60.3. The van der Waals surface area contributed by atoms with E-state index in [2.05, 4.69) is 42.5 Å². The third-order valence-electron chi connectivity index (χ3n) is 10.3. The molecule has 16 N–H and O–H groups in total. The van der Waals surface area contributed by atoms with E-state index in [0.717, 1.165) is 6.92 Å². The molecule has 1 aromatic rings. The van der Waals surface area contributed by atoms with Crippen molar-refractivity contribution in [3.8, 4) is 0 Å². The van der Waals surface area contributed by atoms with E-state index < -0.39 is 164 Å². The number of nitrogens with one attached hydrogen (secondary N) is 8. The van der Waals surface area contributed by atoms with Crippen LogP contribution in [0.5, 0.6) is 0 Å². The summed E-state index contributed by atoms with van der Waals surface area (Å²) < 4.78 is 0. The zero-order valence-corrected chi connectivity index (χ0v) is 39.3. The molecule has 0 aliphatic heterocycles. The van der Waals surface area contributed by atoms with Crippen molar-refractivity contribution in [1.82, 2.24) is 42.5 Å². The molecule has 0 aliphatic rings. The minimum atomic E-state index is -1.87. The van der Waals surface area contributed by atoms with Crippen LogP contribution in [0.15, 0.2) is 30.3 Å². The van der Waals surface area contributed by atoms with Gasteiger partial charge in [-0.15, -0.1) is 0 Å². The van der Waals surface area contributed by atoms with E-state index in [9.17, 15) is 77.6 Å². The molecule has 0 aliphatic carbocycles. The fraction of sp³-hybridized carbons (Fsp3) is 0.558. The topological polar surface area (TPSA) is 451 Å². The highest BCUT2D eigenvalue weighted by molar-refractivity contribution is 5.99. The summed E-state index contributed by atoms with van der Waals surface area (Å²) in [5.74, 6) is -16.2. The van der Waals surface area contributed by atoms with Crippen LogP contribution in [0.2, 0.25) is 0 Å². The van der Waals surface area contributed by atoms with Crippen LogP contribution in [0.3, 0.4) is 0 Å². The zero-order chi connectivity index (χ0) is 53.4. The number of amides is 9. The van der Waals surface area contributed by atoms with Crippen LogP contribution in [0, 0.1) is 11.8 Å². The van der Waals surface area contributed by atoms with Gasteiger partial charge in [-0.3, -0.25) is 57.5 Å². The quantitative estimate of drug-likeness (QED) is 0.0327. The van der Waals surface area contributed by atoms with E-state index in [1.54, 1.807) is 51.1 Å². The molecule has 27 heteroatoms. The lowest BCUT2D eigenvalue weighted by molar-refractivity contribution is -0.145. The first-order valence-electron chi connectivity index (χ1n) is 22.0. The van der Waals surface area contributed by atoms with E-state index in [-0.39, 0.29) is 25.2 Å². The van der Waals surface area contributed by atoms with Crippen molar-refractivity contribution in [3.63, 3.8) is 0 Å². The first-order valence-corrected chi connectivity index (χ1v) is 22.0. The van der Waals surface area contributed by atoms with E-state index in [1.807, 2.05) is 0 Å². The molecule has 0 bridgehead atoms. The maximum atomic E-state index is 13.7. The third kappa shape index (κ3) is 22.9. The molecule has 1 rings (SSSR count). The molecule has 0 radical (unpaired) electrons. The number of benzene rings is 1. The molecule has 0 saturated heterocycles. The second-order valence-corrected chi connectivity index (χ2v) is 16.7. The molecule has 388 valence electrons. The fourth-order valence-electron chi connectivity index (χ4n) is 6.34. The van der Waals surface area contributed by atoms with Crippen molar-refractivity contribution in [1.29, 1.82) is 0 Å². The summed E-state index contributed by atoms with van der Waals surface area (Å²) in [5.41, 5.74) is 11.3. The van der Waals surface area contributed by atoms with Crippen molar-refractivity contribution < 1.29 is 82.8 Å². The van der Waals surface area contributed by atoms with Gasteiger partial charge in [0.2, 0.25) is 53.2 Å². The molecular formula is C43H64N10O17. The molecule has 0 fully saturated rings. The standard InChI is InChI=1S/C43H64N10O17/c1-6-21(4)35(43(69)70)53-42(68)29(18-34(60)61)52-41(67)27(15-23-10-8-7-9-11-23)50-36(62)22(5)47-40(66)28(17-33(58)59)48-31(55)19-46-38(64)26(14-20(2)3)51-39(65)25(12-13-30(45)54)49-37(63)24(44)16-32(56)57/h7-11,20-22,24-29,35H,6,12-19,44H2,1-5H3,(H2,45,54)(H,46,64)(H,47,66)(H,48,55)(H,49,63)(H,50,62)(H,51,65)(H,52,67)(H,53,68)(H,56,57)(H,58,59)(H,60,61)(H,69,70)/t21-,22-,24-,25-,26-,27-,28-,29-,35-/m0/s1. The predicted octanol–water partition coefficient (Wildman–Crippen LogP) is -4.05. The number of hydrogen-bond donors (Lipinski definition) is 14. The van der Waals surface area contributed by atoms with Gasteiger partial charge >= 0.3 is 23.9 Å². The molecule has 70 heavy (non-hydrogen) atoms. The Morgan fingerprint density at radius 2 is 1.04 bits per heavy atom. The highest BCUT2D eigenvalue weighted by Crippen LogP contribution is 2.11. The van der Waals surface area contributed by atoms with Crippen LogP contribution < -0.4 is 54.0 Å². The highest BCUT2D eigenvalue weighted by atomic mass is 16.4. The Bertz CT molecular complexity index is 2070. The summed E-state index contributed by atoms with van der Waals surface area (Å²) >= 11 is 0. The largest absolute Gasteiger partial charge is 0.481 e. The number of primary amides is 1. The first-order chi connectivity index (χ1) is 32.6. The average molecular weight is 993 g/mol. The Balaban J connectivity index is 3.21. The van der Waals surface area contributed by atoms with E-state index in [4.69, 9.17) is 16.6 Å². The van der Waals surface area contributed by atoms with Crippen molar-refractivity contribution >= 4 is 77.0 Å². The zero-order valence-electron chi connectivity index (χ0n) is 39.3. The van der Waals surface area contributed by atoms with Crippen LogP contribution in [0.4, 0.5) is 0 Å². The third-order valence-corrected chi connectivity index (χ3v) is 10.3. The Hall–Kier alpha value is -7.71. The van der Waals surface area contributed by atoms with Crippen LogP contribution in [0.25, 0.3) is 0 Å². The van der Waals surface area contributed by atoms with Gasteiger partial charge in [-0.25, -0.2) is 4.79 Å². The number of rotatable bonds is 32. The Morgan fingerprint density at radius 1 is 0.557 bits per heavy atom. The average Bonchev–Trinajstić information content (AvgIpc) is 3.26. The van der Waals surface area contributed by atoms with Gasteiger partial charge in [0, 0.05) is 12.8 Å². The molecule has 27 nitrogen and oxygen atoms in total. The van der Waals surface area contributed by atoms with Gasteiger partial charge in [-0.05, 0) is 37.2 Å². The number of carbonyl (C=O) groups is 13. The molecule has 0 unspecified atom stereocenters. The monoisotopic (exact) mass is 992 g/mol. The molecule has 0 heterocycles. The van der Waals surface area contributed by atoms with Gasteiger partial charge < -0.3 is 74.4 Å². The molecule has 9 amide bonds. The highest BCUT2D eigenvalue weighted by Gasteiger charge is 2.35. The van der Waals surface area contributed by atoms with Gasteiger partial charge in [0.25, 0.3) is 0 Å². The Morgan fingerprint density at radius 3 is 1.56 bits per heavy atom. The van der Waals surface area contributed by atoms with Crippen molar-refractivity contribution in [2.75, 3.05) is 6.54 Å². The van der Waals surface area contributed by atoms with E-state index in [1.165, 1.54) is 6.92 Å². The number of carboxylic acids is 4. The number of nitrogens with two attached hydrogens (primary N) is 2. The maximum absolute atomic E-state index is 13.7. The van der Waals surface area contributed by atoms with Crippen molar-refractivity contribution in [3.05, 3.63) is 35.9 Å². The normalized spacial score (nSPS) is 14.7. The fourth-order valence-corrected chi connectivity index (χ4v) is 6.34. The lowest BCUT2D eigenvalue weighted by Gasteiger charge is -2.26. The second-order valence-electron chi connectivity index (χ2n) is 16.7. The van der Waals surface area contributed by atoms with Crippen LogP contribution >= 0.6 is 0 Å². The minimum Gasteiger partial charge on any atom is -0.481 e. The van der Waals surface area contributed by atoms with Gasteiger partial charge in [0.1, 0.15) is 42.3 Å². The van der Waals surface area contributed by atoms with Crippen LogP contribution in [0.1, 0.15) is 85.1 Å². The second kappa shape index (κ2) is 29.9. The predicted molar refractivity (Wildman–Crippen MR) is 242 cm³/mol.